The van der Waals surface area contributed by atoms with Gasteiger partial charge in [-0.15, -0.1) is 0 Å². The summed E-state index contributed by atoms with van der Waals surface area (Å²) in [4.78, 5) is 24.1. The largest absolute Gasteiger partial charge is 0.433 e. The molecule has 2 aromatic carbocycles. The van der Waals surface area contributed by atoms with Gasteiger partial charge in [0.1, 0.15) is 6.33 Å². The fourth-order valence-corrected chi connectivity index (χ4v) is 4.47. The van der Waals surface area contributed by atoms with Crippen LogP contribution in [0.1, 0.15) is 17.4 Å². The predicted octanol–water partition coefficient (Wildman–Crippen LogP) is 5.10. The lowest BCUT2D eigenvalue weighted by Crippen LogP contribution is -2.44. The van der Waals surface area contributed by atoms with E-state index in [-0.39, 0.29) is 16.7 Å². The highest BCUT2D eigenvalue weighted by Gasteiger charge is 2.23. The number of aryl methyl sites for hydroxylation is 1. The molecule has 0 amide bonds. The fraction of sp³-hybridized carbons (Fsp3) is 0.269. The first-order chi connectivity index (χ1) is 17.7. The number of nitrogens with zero attached hydrogens (tertiary/aromatic N) is 5. The van der Waals surface area contributed by atoms with Crippen LogP contribution in [0.25, 0.3) is 10.9 Å². The van der Waals surface area contributed by atoms with E-state index in [1.54, 1.807) is 19.1 Å². The molecule has 0 atom stereocenters. The van der Waals surface area contributed by atoms with Crippen molar-refractivity contribution in [2.24, 2.45) is 0 Å². The molecule has 5 rings (SSSR count). The van der Waals surface area contributed by atoms with Crippen molar-refractivity contribution in [1.29, 1.82) is 0 Å². The maximum absolute atomic E-state index is 15.2. The van der Waals surface area contributed by atoms with Gasteiger partial charge in [-0.1, -0.05) is 0 Å². The number of rotatable bonds is 5. The summed E-state index contributed by atoms with van der Waals surface area (Å²) in [6, 6.07) is 9.58. The normalized spacial score (nSPS) is 14.3. The molecule has 8 nitrogen and oxygen atoms in total. The van der Waals surface area contributed by atoms with Crippen molar-refractivity contribution in [1.82, 2.24) is 19.4 Å². The summed E-state index contributed by atoms with van der Waals surface area (Å²) >= 11 is 0. The molecule has 0 radical (unpaired) electrons. The number of aromatic nitrogens is 3. The molecule has 1 saturated heterocycles. The van der Waals surface area contributed by atoms with Crippen LogP contribution in [0.5, 0.6) is 11.6 Å². The number of anilines is 3. The first-order valence-corrected chi connectivity index (χ1v) is 11.7. The van der Waals surface area contributed by atoms with Gasteiger partial charge < -0.3 is 19.9 Å². The molecule has 0 aliphatic carbocycles. The van der Waals surface area contributed by atoms with Gasteiger partial charge in [0, 0.05) is 61.6 Å². The molecular weight excluding hydrogens is 485 g/mol. The van der Waals surface area contributed by atoms with Crippen LogP contribution in [0.3, 0.4) is 0 Å². The number of benzene rings is 2. The van der Waals surface area contributed by atoms with Gasteiger partial charge in [-0.3, -0.25) is 9.36 Å². The molecule has 2 aromatic heterocycles. The van der Waals surface area contributed by atoms with Gasteiger partial charge in [0.15, 0.2) is 23.2 Å². The molecule has 0 unspecified atom stereocenters. The van der Waals surface area contributed by atoms with Crippen LogP contribution < -0.4 is 15.0 Å². The van der Waals surface area contributed by atoms with E-state index in [1.807, 2.05) is 12.1 Å². The number of carbonyl (C=O) groups excluding carboxylic acids is 1. The van der Waals surface area contributed by atoms with Gasteiger partial charge in [-0.05, 0) is 44.3 Å². The van der Waals surface area contributed by atoms with Crippen molar-refractivity contribution in [3.05, 3.63) is 65.9 Å². The van der Waals surface area contributed by atoms with Crippen LogP contribution >= 0.6 is 0 Å². The van der Waals surface area contributed by atoms with Crippen molar-refractivity contribution >= 4 is 34.0 Å². The zero-order valence-electron chi connectivity index (χ0n) is 20.6. The Kier molecular flexibility index (Phi) is 6.46. The molecule has 1 aliphatic rings. The molecule has 0 saturated carbocycles. The molecule has 0 bridgehead atoms. The Morgan fingerprint density at radius 3 is 2.38 bits per heavy atom. The summed E-state index contributed by atoms with van der Waals surface area (Å²) < 4.78 is 51.6. The Morgan fingerprint density at radius 1 is 1.00 bits per heavy atom. The van der Waals surface area contributed by atoms with Gasteiger partial charge in [-0.2, -0.15) is 9.37 Å². The van der Waals surface area contributed by atoms with E-state index in [9.17, 15) is 9.18 Å². The topological polar surface area (TPSA) is 75.5 Å². The van der Waals surface area contributed by atoms with E-state index in [0.717, 1.165) is 48.8 Å². The SMILES string of the molecule is CC(=O)n1c(C)cc2c(F)c(Oc3ncnc(Nc4ccc(N5CCN(C)CC5)cc4)c3F)cc(F)c21. The molecule has 192 valence electrons. The zero-order valence-corrected chi connectivity index (χ0v) is 20.6. The van der Waals surface area contributed by atoms with E-state index in [4.69, 9.17) is 4.74 Å². The number of hydrogen-bond donors (Lipinski definition) is 1. The Labute approximate surface area is 211 Å². The average Bonchev–Trinajstić information content (AvgIpc) is 3.24. The molecule has 37 heavy (non-hydrogen) atoms. The second kappa shape index (κ2) is 9.74. The van der Waals surface area contributed by atoms with E-state index in [0.29, 0.717) is 11.4 Å². The standard InChI is InChI=1S/C26H25F3N6O2/c1-15-12-19-22(28)21(13-20(27)24(19)35(15)16(2)36)37-26-23(29)25(30-14-31-26)32-17-4-6-18(7-5-17)34-10-8-33(3)9-11-34/h4-7,12-14H,8-11H2,1-3H3,(H,30,31,32). The number of nitrogens with one attached hydrogen (secondary N) is 1. The number of likely N-dealkylation sites (N-methyl/N-ethyl adjacent to an activating group) is 1. The van der Waals surface area contributed by atoms with Crippen molar-refractivity contribution in [3.8, 4) is 11.6 Å². The van der Waals surface area contributed by atoms with Crippen LogP contribution in [0.4, 0.5) is 30.4 Å². The molecule has 3 heterocycles. The van der Waals surface area contributed by atoms with Gasteiger partial charge in [0.05, 0.1) is 5.52 Å². The highest BCUT2D eigenvalue weighted by atomic mass is 19.1. The number of carbonyl (C=O) groups is 1. The predicted molar refractivity (Wildman–Crippen MR) is 134 cm³/mol. The maximum atomic E-state index is 15.2. The highest BCUT2D eigenvalue weighted by molar-refractivity contribution is 5.94. The Balaban J connectivity index is 1.38. The third-order valence-electron chi connectivity index (χ3n) is 6.40. The van der Waals surface area contributed by atoms with Crippen molar-refractivity contribution < 1.29 is 22.7 Å². The van der Waals surface area contributed by atoms with Crippen LogP contribution in [-0.4, -0.2) is 58.6 Å². The van der Waals surface area contributed by atoms with E-state index in [1.165, 1.54) is 13.0 Å². The van der Waals surface area contributed by atoms with Crippen LogP contribution in [-0.2, 0) is 0 Å². The van der Waals surface area contributed by atoms with E-state index < -0.39 is 35.0 Å². The van der Waals surface area contributed by atoms with Gasteiger partial charge in [0.2, 0.25) is 11.7 Å². The molecule has 4 aromatic rings. The molecule has 1 aliphatic heterocycles. The second-order valence-electron chi connectivity index (χ2n) is 8.98. The maximum Gasteiger partial charge on any atom is 0.261 e. The van der Waals surface area contributed by atoms with Gasteiger partial charge >= 0.3 is 0 Å². The summed E-state index contributed by atoms with van der Waals surface area (Å²) in [5.74, 6) is -4.58. The van der Waals surface area contributed by atoms with Crippen LogP contribution in [0.15, 0.2) is 42.7 Å². The van der Waals surface area contributed by atoms with Crippen molar-refractivity contribution in [2.45, 2.75) is 13.8 Å². The third kappa shape index (κ3) is 4.69. The minimum absolute atomic E-state index is 0.157. The summed E-state index contributed by atoms with van der Waals surface area (Å²) in [5, 5.41) is 2.72. The second-order valence-corrected chi connectivity index (χ2v) is 8.98. The number of fused-ring (bicyclic) bond motifs is 1. The van der Waals surface area contributed by atoms with Crippen molar-refractivity contribution in [3.63, 3.8) is 0 Å². The summed E-state index contributed by atoms with van der Waals surface area (Å²) in [6.07, 6.45) is 1.06. The lowest BCUT2D eigenvalue weighted by atomic mass is 10.2. The quantitative estimate of drug-likeness (QED) is 0.400. The minimum atomic E-state index is -0.969. The lowest BCUT2D eigenvalue weighted by molar-refractivity contribution is 0.0939. The molecule has 11 heteroatoms. The number of piperazine rings is 1. The highest BCUT2D eigenvalue weighted by Crippen LogP contribution is 2.35. The molecule has 1 fully saturated rings. The number of halogens is 3. The van der Waals surface area contributed by atoms with Crippen molar-refractivity contribution in [2.75, 3.05) is 43.4 Å². The summed E-state index contributed by atoms with van der Waals surface area (Å²) in [6.45, 7) is 6.61. The Bertz CT molecular complexity index is 1480. The summed E-state index contributed by atoms with van der Waals surface area (Å²) in [7, 11) is 2.09. The Hall–Kier alpha value is -4.12. The molecule has 1 N–H and O–H groups in total. The Morgan fingerprint density at radius 2 is 1.70 bits per heavy atom. The van der Waals surface area contributed by atoms with Crippen LogP contribution in [0.2, 0.25) is 0 Å². The van der Waals surface area contributed by atoms with Gasteiger partial charge in [0.25, 0.3) is 5.88 Å². The number of hydrogen-bond acceptors (Lipinski definition) is 7. The van der Waals surface area contributed by atoms with Gasteiger partial charge in [-0.25, -0.2) is 13.8 Å². The smallest absolute Gasteiger partial charge is 0.261 e. The first kappa shape index (κ1) is 24.6. The number of ether oxygens (including phenoxy) is 1. The third-order valence-corrected chi connectivity index (χ3v) is 6.40. The summed E-state index contributed by atoms with van der Waals surface area (Å²) in [5.41, 5.74) is 1.80. The fourth-order valence-electron chi connectivity index (χ4n) is 4.47. The average molecular weight is 511 g/mol. The monoisotopic (exact) mass is 510 g/mol. The minimum Gasteiger partial charge on any atom is -0.433 e. The zero-order chi connectivity index (χ0) is 26.3. The lowest BCUT2D eigenvalue weighted by Gasteiger charge is -2.34. The van der Waals surface area contributed by atoms with E-state index in [2.05, 4.69) is 32.1 Å². The molecular formula is C26H25F3N6O2. The first-order valence-electron chi connectivity index (χ1n) is 11.7. The van der Waals surface area contributed by atoms with Crippen LogP contribution in [0, 0.1) is 24.4 Å². The molecule has 0 spiro atoms. The van der Waals surface area contributed by atoms with E-state index >= 15 is 8.78 Å².